The molecule has 0 aliphatic heterocycles. The molecule has 0 saturated heterocycles. The van der Waals surface area contributed by atoms with Crippen LogP contribution in [0.5, 0.6) is 11.6 Å². The highest BCUT2D eigenvalue weighted by atomic mass is 16.5. The van der Waals surface area contributed by atoms with Gasteiger partial charge in [0.2, 0.25) is 12.3 Å². The fraction of sp³-hybridized carbons (Fsp3) is 0.312. The Morgan fingerprint density at radius 3 is 2.54 bits per heavy atom. The zero-order valence-corrected chi connectivity index (χ0v) is 14.1. The summed E-state index contributed by atoms with van der Waals surface area (Å²) in [5.74, 6) is 5.77. The van der Waals surface area contributed by atoms with Crippen molar-refractivity contribution >= 4 is 12.1 Å². The van der Waals surface area contributed by atoms with Gasteiger partial charge in [-0.3, -0.25) is 15.2 Å². The number of nitrogens with zero attached hydrogens (tertiary/aromatic N) is 2. The van der Waals surface area contributed by atoms with Crippen molar-refractivity contribution < 1.29 is 14.3 Å². The Balaban J connectivity index is 0.000000648. The van der Waals surface area contributed by atoms with Crippen molar-refractivity contribution in [2.45, 2.75) is 20.5 Å². The first-order valence-corrected chi connectivity index (χ1v) is 7.40. The zero-order chi connectivity index (χ0) is 17.8. The van der Waals surface area contributed by atoms with E-state index in [2.05, 4.69) is 21.1 Å². The molecule has 1 heterocycles. The molecule has 130 valence electrons. The molecule has 8 heteroatoms. The molecule has 0 spiro atoms. The molecule has 1 amide bonds. The van der Waals surface area contributed by atoms with Crippen LogP contribution in [0.4, 0.5) is 5.69 Å². The summed E-state index contributed by atoms with van der Waals surface area (Å²) in [6.07, 6.45) is 3.67. The number of carbonyl (C=O) groups excluding carboxylic acids is 1. The van der Waals surface area contributed by atoms with Crippen molar-refractivity contribution in [2.24, 2.45) is 5.84 Å². The smallest absolute Gasteiger partial charge is 0.235 e. The lowest BCUT2D eigenvalue weighted by atomic mass is 10.1. The average Bonchev–Trinajstić information content (AvgIpc) is 2.62. The first kappa shape index (κ1) is 19.2. The van der Waals surface area contributed by atoms with Crippen LogP contribution in [0.15, 0.2) is 30.6 Å². The number of rotatable bonds is 7. The number of carbonyl (C=O) groups is 1. The Bertz CT molecular complexity index is 637. The third kappa shape index (κ3) is 5.73. The van der Waals surface area contributed by atoms with E-state index in [1.54, 1.807) is 17.8 Å². The lowest BCUT2D eigenvalue weighted by molar-refractivity contribution is -0.109. The number of ether oxygens (including phenoxy) is 2. The van der Waals surface area contributed by atoms with Gasteiger partial charge in [0.25, 0.3) is 0 Å². The van der Waals surface area contributed by atoms with Gasteiger partial charge in [0.1, 0.15) is 12.4 Å². The minimum atomic E-state index is 0.381. The minimum absolute atomic E-state index is 0.381. The number of aryl methyl sites for hydroxylation is 1. The summed E-state index contributed by atoms with van der Waals surface area (Å²) in [5.41, 5.74) is 4.48. The Labute approximate surface area is 141 Å². The van der Waals surface area contributed by atoms with E-state index in [-0.39, 0.29) is 0 Å². The van der Waals surface area contributed by atoms with Crippen LogP contribution < -0.4 is 26.1 Å². The first-order valence-electron chi connectivity index (χ1n) is 7.40. The number of aromatic nitrogens is 2. The molecule has 0 atom stereocenters. The topological polar surface area (TPSA) is 111 Å². The Kier molecular flexibility index (Phi) is 8.62. The number of anilines is 1. The summed E-state index contributed by atoms with van der Waals surface area (Å²) in [6, 6.07) is 5.88. The van der Waals surface area contributed by atoms with Gasteiger partial charge in [-0.15, -0.1) is 0 Å². The summed E-state index contributed by atoms with van der Waals surface area (Å²) in [4.78, 5) is 17.3. The van der Waals surface area contributed by atoms with E-state index in [1.807, 2.05) is 39.1 Å². The van der Waals surface area contributed by atoms with E-state index in [1.165, 1.54) is 0 Å². The molecule has 2 rings (SSSR count). The van der Waals surface area contributed by atoms with Gasteiger partial charge < -0.3 is 14.8 Å². The summed E-state index contributed by atoms with van der Waals surface area (Å²) >= 11 is 0. The number of nitrogens with one attached hydrogen (secondary N) is 2. The maximum atomic E-state index is 8.94. The second-order valence-corrected chi connectivity index (χ2v) is 4.49. The average molecular weight is 333 g/mol. The molecule has 8 nitrogen and oxygen atoms in total. The Morgan fingerprint density at radius 1 is 1.25 bits per heavy atom. The third-order valence-electron chi connectivity index (χ3n) is 2.96. The molecule has 0 fully saturated rings. The molecule has 2 aromatic rings. The van der Waals surface area contributed by atoms with Crippen molar-refractivity contribution in [3.05, 3.63) is 41.9 Å². The van der Waals surface area contributed by atoms with E-state index in [9.17, 15) is 0 Å². The number of nitrogens with two attached hydrogens (primary N) is 1. The van der Waals surface area contributed by atoms with Gasteiger partial charge in [0, 0.05) is 25.1 Å². The molecule has 0 aliphatic rings. The first-order chi connectivity index (χ1) is 11.7. The van der Waals surface area contributed by atoms with Gasteiger partial charge in [0.15, 0.2) is 0 Å². The molecule has 0 unspecified atom stereocenters. The van der Waals surface area contributed by atoms with Crippen LogP contribution >= 0.6 is 0 Å². The van der Waals surface area contributed by atoms with Gasteiger partial charge >= 0.3 is 0 Å². The molecule has 0 saturated carbocycles. The molecule has 1 aromatic carbocycles. The molecular weight excluding hydrogens is 310 g/mol. The number of hydrogen-bond donors (Lipinski definition) is 3. The molecule has 1 aromatic heterocycles. The van der Waals surface area contributed by atoms with E-state index in [4.69, 9.17) is 14.3 Å². The second-order valence-electron chi connectivity index (χ2n) is 4.49. The lowest BCUT2D eigenvalue weighted by Crippen LogP contribution is -2.18. The lowest BCUT2D eigenvalue weighted by Gasteiger charge is -2.15. The van der Waals surface area contributed by atoms with Crippen molar-refractivity contribution in [1.82, 2.24) is 15.4 Å². The predicted octanol–water partition coefficient (Wildman–Crippen LogP) is 1.41. The predicted molar refractivity (Wildman–Crippen MR) is 91.6 cm³/mol. The number of hydrogen-bond acceptors (Lipinski definition) is 7. The van der Waals surface area contributed by atoms with Crippen molar-refractivity contribution in [2.75, 3.05) is 19.0 Å². The van der Waals surface area contributed by atoms with Gasteiger partial charge in [-0.1, -0.05) is 6.07 Å². The van der Waals surface area contributed by atoms with Crippen LogP contribution in [0.25, 0.3) is 0 Å². The molecule has 24 heavy (non-hydrogen) atoms. The molecule has 0 radical (unpaired) electrons. The van der Waals surface area contributed by atoms with Gasteiger partial charge in [0.05, 0.1) is 17.9 Å². The summed E-state index contributed by atoms with van der Waals surface area (Å²) < 4.78 is 11.4. The quantitative estimate of drug-likeness (QED) is 0.304. The van der Waals surface area contributed by atoms with E-state index in [0.717, 1.165) is 22.7 Å². The molecule has 0 bridgehead atoms. The standard InChI is InChI=1S/C15H19N3O2.CH4N2O/c1-4-19-14-7-5-6-13(16-3)12(14)10-20-15-11(2)17-8-9-18-15;2-3-1-4/h5-9,16H,4,10H2,1-3H3;1H,2H2,(H,3,4). The highest BCUT2D eigenvalue weighted by molar-refractivity contribution is 5.57. The summed E-state index contributed by atoms with van der Waals surface area (Å²) in [7, 11) is 1.88. The third-order valence-corrected chi connectivity index (χ3v) is 2.96. The van der Waals surface area contributed by atoms with Crippen LogP contribution in [0.3, 0.4) is 0 Å². The summed E-state index contributed by atoms with van der Waals surface area (Å²) in [6.45, 7) is 4.83. The van der Waals surface area contributed by atoms with Crippen molar-refractivity contribution in [1.29, 1.82) is 0 Å². The van der Waals surface area contributed by atoms with Crippen LogP contribution in [0, 0.1) is 6.92 Å². The zero-order valence-electron chi connectivity index (χ0n) is 14.1. The molecular formula is C16H23N5O3. The summed E-state index contributed by atoms with van der Waals surface area (Å²) in [5, 5.41) is 3.15. The highest BCUT2D eigenvalue weighted by Crippen LogP contribution is 2.28. The largest absolute Gasteiger partial charge is 0.493 e. The van der Waals surface area contributed by atoms with Crippen LogP contribution in [0.2, 0.25) is 0 Å². The monoisotopic (exact) mass is 333 g/mol. The van der Waals surface area contributed by atoms with E-state index < -0.39 is 0 Å². The number of hydrazine groups is 1. The van der Waals surface area contributed by atoms with Crippen LogP contribution in [0.1, 0.15) is 18.2 Å². The van der Waals surface area contributed by atoms with Crippen molar-refractivity contribution in [3.63, 3.8) is 0 Å². The molecule has 0 aliphatic carbocycles. The fourth-order valence-corrected chi connectivity index (χ4v) is 1.92. The Morgan fingerprint density at radius 2 is 1.96 bits per heavy atom. The van der Waals surface area contributed by atoms with Crippen molar-refractivity contribution in [3.8, 4) is 11.6 Å². The van der Waals surface area contributed by atoms with E-state index in [0.29, 0.717) is 25.5 Å². The second kappa shape index (κ2) is 10.8. The normalized spacial score (nSPS) is 9.33. The van der Waals surface area contributed by atoms with Gasteiger partial charge in [-0.2, -0.15) is 0 Å². The van der Waals surface area contributed by atoms with Gasteiger partial charge in [-0.25, -0.2) is 10.8 Å². The molecule has 4 N–H and O–H groups in total. The number of benzene rings is 1. The van der Waals surface area contributed by atoms with Crippen LogP contribution in [-0.2, 0) is 11.4 Å². The Hall–Kier alpha value is -2.87. The fourth-order valence-electron chi connectivity index (χ4n) is 1.92. The number of amides is 1. The van der Waals surface area contributed by atoms with Crippen LogP contribution in [-0.4, -0.2) is 30.0 Å². The van der Waals surface area contributed by atoms with E-state index >= 15 is 0 Å². The maximum Gasteiger partial charge on any atom is 0.235 e. The maximum absolute atomic E-state index is 8.94. The van der Waals surface area contributed by atoms with Gasteiger partial charge in [-0.05, 0) is 26.0 Å². The SMILES string of the molecule is CCOc1cccc(NC)c1COc1nccnc1C.NNC=O. The minimum Gasteiger partial charge on any atom is -0.493 e. The highest BCUT2D eigenvalue weighted by Gasteiger charge is 2.11.